The number of aliphatic carboxylic acids is 2. The van der Waals surface area contributed by atoms with E-state index in [1.807, 2.05) is 0 Å². The highest BCUT2D eigenvalue weighted by Gasteiger charge is 2.42. The Kier molecular flexibility index (Phi) is 5.51. The first-order valence-electron chi connectivity index (χ1n) is 6.22. The Hall–Kier alpha value is -2.09. The summed E-state index contributed by atoms with van der Waals surface area (Å²) in [6.45, 7) is 0. The van der Waals surface area contributed by atoms with Gasteiger partial charge in [-0.3, -0.25) is 0 Å². The molecule has 0 saturated carbocycles. The minimum Gasteiger partial charge on any atom is -0.478 e. The van der Waals surface area contributed by atoms with Gasteiger partial charge >= 0.3 is 18.0 Å². The first-order valence-corrected chi connectivity index (χ1v) is 6.22. The summed E-state index contributed by atoms with van der Waals surface area (Å²) in [5.74, 6) is -2.51. The van der Waals surface area contributed by atoms with E-state index in [1.54, 1.807) is 4.90 Å². The smallest absolute Gasteiger partial charge is 0.407 e. The number of carboxylic acid groups (broad SMARTS) is 3. The van der Waals surface area contributed by atoms with Crippen molar-refractivity contribution in [3.05, 3.63) is 12.2 Å². The first kappa shape index (κ1) is 16.0. The van der Waals surface area contributed by atoms with Crippen LogP contribution >= 0.6 is 0 Å². The number of hydrogen-bond acceptors (Lipinski definition) is 4. The van der Waals surface area contributed by atoms with Gasteiger partial charge in [0.2, 0.25) is 0 Å². The Morgan fingerprint density at radius 3 is 1.65 bits per heavy atom. The highest BCUT2D eigenvalue weighted by molar-refractivity contribution is 5.89. The van der Waals surface area contributed by atoms with Crippen LogP contribution in [-0.2, 0) is 9.59 Å². The summed E-state index contributed by atoms with van der Waals surface area (Å²) in [6.07, 6.45) is 4.06. The number of hydrogen-bond donors (Lipinski definition) is 4. The number of fused-ring (bicyclic) bond motifs is 2. The van der Waals surface area contributed by atoms with E-state index in [2.05, 4.69) is 0 Å². The molecule has 112 valence electrons. The molecule has 0 radical (unpaired) electrons. The quantitative estimate of drug-likeness (QED) is 0.536. The normalized spacial score (nSPS) is 27.9. The average Bonchev–Trinajstić information content (AvgIpc) is 2.60. The molecular weight excluding hydrogens is 268 g/mol. The van der Waals surface area contributed by atoms with Crippen LogP contribution < -0.4 is 5.73 Å². The molecule has 2 atom stereocenters. The van der Waals surface area contributed by atoms with Crippen molar-refractivity contribution in [2.75, 3.05) is 0 Å². The van der Waals surface area contributed by atoms with Crippen molar-refractivity contribution >= 4 is 18.0 Å². The molecule has 2 heterocycles. The number of rotatable bonds is 2. The lowest BCUT2D eigenvalue weighted by atomic mass is 9.99. The number of piperidine rings is 1. The first-order chi connectivity index (χ1) is 9.31. The van der Waals surface area contributed by atoms with E-state index in [4.69, 9.17) is 21.1 Å². The van der Waals surface area contributed by atoms with Gasteiger partial charge in [0.05, 0.1) is 0 Å². The summed E-state index contributed by atoms with van der Waals surface area (Å²) in [6, 6.07) is 0.630. The van der Waals surface area contributed by atoms with Crippen LogP contribution in [0.3, 0.4) is 0 Å². The maximum atomic E-state index is 10.8. The molecule has 2 bridgehead atoms. The molecule has 0 spiro atoms. The van der Waals surface area contributed by atoms with Gasteiger partial charge in [-0.05, 0) is 25.7 Å². The maximum absolute atomic E-state index is 10.8. The number of nitrogens with zero attached hydrogens (tertiary/aromatic N) is 1. The van der Waals surface area contributed by atoms with Crippen molar-refractivity contribution in [2.24, 2.45) is 5.73 Å². The molecule has 2 saturated heterocycles. The molecule has 8 heteroatoms. The predicted octanol–water partition coefficient (Wildman–Crippen LogP) is 0.330. The van der Waals surface area contributed by atoms with Crippen LogP contribution in [-0.4, -0.2) is 56.4 Å². The monoisotopic (exact) mass is 286 g/mol. The van der Waals surface area contributed by atoms with Crippen LogP contribution in [0.15, 0.2) is 12.2 Å². The molecule has 0 aromatic carbocycles. The highest BCUT2D eigenvalue weighted by atomic mass is 16.4. The lowest BCUT2D eigenvalue weighted by Gasteiger charge is -2.35. The molecule has 2 fully saturated rings. The van der Waals surface area contributed by atoms with Crippen molar-refractivity contribution in [3.63, 3.8) is 0 Å². The Bertz CT molecular complexity index is 392. The van der Waals surface area contributed by atoms with E-state index in [9.17, 15) is 14.4 Å². The second-order valence-corrected chi connectivity index (χ2v) is 4.82. The van der Waals surface area contributed by atoms with Gasteiger partial charge in [-0.15, -0.1) is 0 Å². The molecule has 8 nitrogen and oxygen atoms in total. The molecule has 0 aromatic rings. The molecule has 2 aliphatic heterocycles. The van der Waals surface area contributed by atoms with Gasteiger partial charge in [0.25, 0.3) is 0 Å². The predicted molar refractivity (Wildman–Crippen MR) is 68.3 cm³/mol. The van der Waals surface area contributed by atoms with E-state index < -0.39 is 18.0 Å². The second kappa shape index (κ2) is 6.90. The van der Waals surface area contributed by atoms with Crippen LogP contribution in [0.1, 0.15) is 25.7 Å². The molecule has 20 heavy (non-hydrogen) atoms. The minimum absolute atomic E-state index is 0.205. The highest BCUT2D eigenvalue weighted by Crippen LogP contribution is 2.34. The fraction of sp³-hybridized carbons (Fsp3) is 0.583. The zero-order valence-corrected chi connectivity index (χ0v) is 10.8. The Morgan fingerprint density at radius 1 is 0.950 bits per heavy atom. The van der Waals surface area contributed by atoms with Gasteiger partial charge in [-0.1, -0.05) is 0 Å². The zero-order valence-electron chi connectivity index (χ0n) is 10.8. The van der Waals surface area contributed by atoms with E-state index in [-0.39, 0.29) is 18.1 Å². The van der Waals surface area contributed by atoms with E-state index >= 15 is 0 Å². The van der Waals surface area contributed by atoms with E-state index in [0.29, 0.717) is 12.2 Å². The SMILES string of the molecule is NC1CC2CCC(C1)N2C(=O)O.O=C(O)/C=C/C(=O)O. The summed E-state index contributed by atoms with van der Waals surface area (Å²) in [4.78, 5) is 31.5. The fourth-order valence-electron chi connectivity index (χ4n) is 2.67. The number of nitrogens with two attached hydrogens (primary N) is 1. The van der Waals surface area contributed by atoms with Crippen molar-refractivity contribution in [1.29, 1.82) is 0 Å². The molecule has 2 aliphatic rings. The fourth-order valence-corrected chi connectivity index (χ4v) is 2.67. The van der Waals surface area contributed by atoms with Crippen molar-refractivity contribution < 1.29 is 29.7 Å². The second-order valence-electron chi connectivity index (χ2n) is 4.82. The lowest BCUT2D eigenvalue weighted by Crippen LogP contribution is -2.49. The van der Waals surface area contributed by atoms with E-state index in [1.165, 1.54) is 0 Å². The third kappa shape index (κ3) is 4.54. The molecule has 2 unspecified atom stereocenters. The summed E-state index contributed by atoms with van der Waals surface area (Å²) in [5, 5.41) is 24.5. The summed E-state index contributed by atoms with van der Waals surface area (Å²) >= 11 is 0. The minimum atomic E-state index is -1.26. The van der Waals surface area contributed by atoms with Crippen LogP contribution in [0.5, 0.6) is 0 Å². The number of carboxylic acids is 2. The molecule has 1 amide bonds. The van der Waals surface area contributed by atoms with Crippen LogP contribution in [0.4, 0.5) is 4.79 Å². The van der Waals surface area contributed by atoms with Gasteiger partial charge in [0, 0.05) is 30.3 Å². The third-order valence-corrected chi connectivity index (χ3v) is 3.36. The van der Waals surface area contributed by atoms with E-state index in [0.717, 1.165) is 25.7 Å². The maximum Gasteiger partial charge on any atom is 0.407 e. The Balaban J connectivity index is 0.000000221. The third-order valence-electron chi connectivity index (χ3n) is 3.36. The number of amides is 1. The largest absolute Gasteiger partial charge is 0.478 e. The topological polar surface area (TPSA) is 141 Å². The van der Waals surface area contributed by atoms with Gasteiger partial charge in [-0.2, -0.15) is 0 Å². The van der Waals surface area contributed by atoms with Crippen molar-refractivity contribution in [1.82, 2.24) is 4.90 Å². The standard InChI is InChI=1S/C8H14N2O2.C4H4O4/c9-5-3-6-1-2-7(4-5)10(6)8(11)12;5-3(6)1-2-4(7)8/h5-7H,1-4,9H2,(H,11,12);1-2H,(H,5,6)(H,7,8)/b;2-1+. The Labute approximate surface area is 115 Å². The molecule has 0 aliphatic carbocycles. The van der Waals surface area contributed by atoms with Crippen LogP contribution in [0.25, 0.3) is 0 Å². The molecule has 5 N–H and O–H groups in total. The molecular formula is C12H18N2O6. The lowest BCUT2D eigenvalue weighted by molar-refractivity contribution is -0.134. The van der Waals surface area contributed by atoms with Gasteiger partial charge in [0.1, 0.15) is 0 Å². The van der Waals surface area contributed by atoms with Crippen molar-refractivity contribution in [3.8, 4) is 0 Å². The molecule has 2 rings (SSSR count). The van der Waals surface area contributed by atoms with Gasteiger partial charge < -0.3 is 26.0 Å². The average molecular weight is 286 g/mol. The zero-order chi connectivity index (χ0) is 15.3. The number of carbonyl (C=O) groups is 3. The van der Waals surface area contributed by atoms with Crippen LogP contribution in [0.2, 0.25) is 0 Å². The summed E-state index contributed by atoms with van der Waals surface area (Å²) in [5.41, 5.74) is 5.80. The van der Waals surface area contributed by atoms with Gasteiger partial charge in [-0.25, -0.2) is 14.4 Å². The molecule has 0 aromatic heterocycles. The summed E-state index contributed by atoms with van der Waals surface area (Å²) < 4.78 is 0. The van der Waals surface area contributed by atoms with Gasteiger partial charge in [0.15, 0.2) is 0 Å². The van der Waals surface area contributed by atoms with Crippen molar-refractivity contribution in [2.45, 2.75) is 43.8 Å². The summed E-state index contributed by atoms with van der Waals surface area (Å²) in [7, 11) is 0. The van der Waals surface area contributed by atoms with Crippen LogP contribution in [0, 0.1) is 0 Å². The Morgan fingerprint density at radius 2 is 1.35 bits per heavy atom.